The molecule has 33 heavy (non-hydrogen) atoms. The normalized spacial score (nSPS) is 16.9. The second-order valence-corrected chi connectivity index (χ2v) is 8.58. The molecule has 0 bridgehead atoms. The molecule has 3 aromatic carbocycles. The van der Waals surface area contributed by atoms with E-state index in [1.54, 1.807) is 30.3 Å². The summed E-state index contributed by atoms with van der Waals surface area (Å²) in [4.78, 5) is 4.25. The minimum atomic E-state index is -2.90. The van der Waals surface area contributed by atoms with Crippen molar-refractivity contribution in [1.82, 2.24) is 4.90 Å². The highest BCUT2D eigenvalue weighted by Gasteiger charge is 2.30. The van der Waals surface area contributed by atoms with Crippen LogP contribution in [-0.4, -0.2) is 31.1 Å². The molecule has 9 heteroatoms. The number of piperazine rings is 1. The first kappa shape index (κ1) is 23.7. The number of anilines is 1. The molecule has 1 unspecified atom stereocenters. The predicted octanol–water partition coefficient (Wildman–Crippen LogP) is 6.94. The summed E-state index contributed by atoms with van der Waals surface area (Å²) in [5.41, 5.74) is 2.33. The first-order valence-corrected chi connectivity index (χ1v) is 11.0. The van der Waals surface area contributed by atoms with Crippen molar-refractivity contribution < 1.29 is 22.3 Å². The standard InChI is InChI=1S/C24H20Cl2F4N2O/c25-17-4-8-22(19(26)12-17)32-10-9-31(13-15-1-7-20(27)21(28)11-15)14-23(32)16-2-5-18(6-3-16)33-24(29)30/h1-8,11-12,23-24H,9-10,13-14H2. The number of hydrogen-bond acceptors (Lipinski definition) is 3. The molecule has 0 saturated carbocycles. The molecule has 0 radical (unpaired) electrons. The Hall–Kier alpha value is -2.48. The van der Waals surface area contributed by atoms with E-state index in [4.69, 9.17) is 23.2 Å². The Morgan fingerprint density at radius 3 is 2.33 bits per heavy atom. The van der Waals surface area contributed by atoms with Crippen LogP contribution in [0.1, 0.15) is 17.2 Å². The van der Waals surface area contributed by atoms with E-state index in [0.29, 0.717) is 41.8 Å². The zero-order chi connectivity index (χ0) is 23.5. The Morgan fingerprint density at radius 2 is 1.67 bits per heavy atom. The lowest BCUT2D eigenvalue weighted by Gasteiger charge is -2.43. The van der Waals surface area contributed by atoms with Crippen molar-refractivity contribution in [2.45, 2.75) is 19.2 Å². The summed E-state index contributed by atoms with van der Waals surface area (Å²) >= 11 is 12.5. The summed E-state index contributed by atoms with van der Waals surface area (Å²) in [5.74, 6) is -1.70. The summed E-state index contributed by atoms with van der Waals surface area (Å²) in [6, 6.07) is 15.4. The van der Waals surface area contributed by atoms with Crippen LogP contribution in [0.2, 0.25) is 10.0 Å². The maximum atomic E-state index is 13.7. The lowest BCUT2D eigenvalue weighted by Crippen LogP contribution is -2.48. The molecule has 1 aliphatic heterocycles. The summed E-state index contributed by atoms with van der Waals surface area (Å²) in [5, 5.41) is 1.02. The third kappa shape index (κ3) is 5.72. The molecule has 1 fully saturated rings. The highest BCUT2D eigenvalue weighted by Crippen LogP contribution is 2.37. The highest BCUT2D eigenvalue weighted by atomic mass is 35.5. The molecule has 0 aliphatic carbocycles. The van der Waals surface area contributed by atoms with Gasteiger partial charge in [-0.15, -0.1) is 0 Å². The molecule has 1 heterocycles. The first-order chi connectivity index (χ1) is 15.8. The number of ether oxygens (including phenoxy) is 1. The maximum absolute atomic E-state index is 13.7. The van der Waals surface area contributed by atoms with Gasteiger partial charge in [-0.1, -0.05) is 41.4 Å². The second-order valence-electron chi connectivity index (χ2n) is 7.74. The zero-order valence-electron chi connectivity index (χ0n) is 17.3. The number of hydrogen-bond donors (Lipinski definition) is 0. The third-order valence-electron chi connectivity index (χ3n) is 5.56. The van der Waals surface area contributed by atoms with E-state index < -0.39 is 18.2 Å². The number of nitrogens with zero attached hydrogens (tertiary/aromatic N) is 2. The second kappa shape index (κ2) is 10.2. The Bertz CT molecular complexity index is 1110. The Balaban J connectivity index is 1.61. The van der Waals surface area contributed by atoms with Gasteiger partial charge < -0.3 is 9.64 Å². The van der Waals surface area contributed by atoms with Crippen LogP contribution < -0.4 is 9.64 Å². The van der Waals surface area contributed by atoms with E-state index >= 15 is 0 Å². The quantitative estimate of drug-likeness (QED) is 0.342. The molecule has 174 valence electrons. The van der Waals surface area contributed by atoms with E-state index in [0.717, 1.165) is 17.3 Å². The molecule has 1 aliphatic rings. The smallest absolute Gasteiger partial charge is 0.387 e. The molecular weight excluding hydrogens is 479 g/mol. The van der Waals surface area contributed by atoms with Crippen molar-refractivity contribution in [3.8, 4) is 5.75 Å². The van der Waals surface area contributed by atoms with Crippen molar-refractivity contribution in [2.24, 2.45) is 0 Å². The molecule has 4 rings (SSSR count). The van der Waals surface area contributed by atoms with Gasteiger partial charge in [-0.2, -0.15) is 8.78 Å². The molecule has 1 atom stereocenters. The van der Waals surface area contributed by atoms with Crippen LogP contribution in [0.3, 0.4) is 0 Å². The number of halogens is 6. The Kier molecular flexibility index (Phi) is 7.32. The number of benzene rings is 3. The largest absolute Gasteiger partial charge is 0.435 e. The molecule has 3 nitrogen and oxygen atoms in total. The third-order valence-corrected chi connectivity index (χ3v) is 6.10. The van der Waals surface area contributed by atoms with Crippen LogP contribution >= 0.6 is 23.2 Å². The zero-order valence-corrected chi connectivity index (χ0v) is 18.8. The van der Waals surface area contributed by atoms with Gasteiger partial charge in [0.25, 0.3) is 0 Å². The van der Waals surface area contributed by atoms with Crippen LogP contribution in [0.25, 0.3) is 0 Å². The highest BCUT2D eigenvalue weighted by molar-refractivity contribution is 6.36. The SMILES string of the molecule is Fc1ccc(CN2CCN(c3ccc(Cl)cc3Cl)C(c3ccc(OC(F)F)cc3)C2)cc1F. The van der Waals surface area contributed by atoms with Gasteiger partial charge in [0.2, 0.25) is 0 Å². The molecule has 0 spiro atoms. The summed E-state index contributed by atoms with van der Waals surface area (Å²) in [6.45, 7) is -0.664. The molecule has 0 amide bonds. The first-order valence-electron chi connectivity index (χ1n) is 10.2. The van der Waals surface area contributed by atoms with Crippen molar-refractivity contribution in [3.63, 3.8) is 0 Å². The minimum absolute atomic E-state index is 0.0688. The number of rotatable bonds is 6. The Labute approximate surface area is 199 Å². The molecular formula is C24H20Cl2F4N2O. The van der Waals surface area contributed by atoms with E-state index in [2.05, 4.69) is 14.5 Å². The van der Waals surface area contributed by atoms with Gasteiger partial charge >= 0.3 is 6.61 Å². The molecule has 3 aromatic rings. The lowest BCUT2D eigenvalue weighted by molar-refractivity contribution is -0.0498. The summed E-state index contributed by atoms with van der Waals surface area (Å²) < 4.78 is 56.5. The van der Waals surface area contributed by atoms with E-state index in [1.165, 1.54) is 18.2 Å². The van der Waals surface area contributed by atoms with Crippen LogP contribution in [-0.2, 0) is 6.54 Å². The van der Waals surface area contributed by atoms with Gasteiger partial charge in [0.05, 0.1) is 16.8 Å². The predicted molar refractivity (Wildman–Crippen MR) is 121 cm³/mol. The van der Waals surface area contributed by atoms with Crippen molar-refractivity contribution in [1.29, 1.82) is 0 Å². The monoisotopic (exact) mass is 498 g/mol. The average molecular weight is 499 g/mol. The fraction of sp³-hybridized carbons (Fsp3) is 0.250. The molecule has 1 saturated heterocycles. The van der Waals surface area contributed by atoms with Crippen LogP contribution in [0, 0.1) is 11.6 Å². The van der Waals surface area contributed by atoms with E-state index in [9.17, 15) is 17.6 Å². The van der Waals surface area contributed by atoms with Gasteiger partial charge in [-0.3, -0.25) is 4.90 Å². The Morgan fingerprint density at radius 1 is 0.909 bits per heavy atom. The molecule has 0 aromatic heterocycles. The lowest BCUT2D eigenvalue weighted by atomic mass is 10.0. The number of alkyl halides is 2. The summed E-state index contributed by atoms with van der Waals surface area (Å²) in [7, 11) is 0. The molecule has 0 N–H and O–H groups in total. The fourth-order valence-electron chi connectivity index (χ4n) is 4.04. The van der Waals surface area contributed by atoms with Crippen molar-refractivity contribution >= 4 is 28.9 Å². The van der Waals surface area contributed by atoms with Gasteiger partial charge in [0.15, 0.2) is 11.6 Å². The van der Waals surface area contributed by atoms with Gasteiger partial charge in [-0.05, 0) is 53.6 Å². The van der Waals surface area contributed by atoms with Gasteiger partial charge in [-0.25, -0.2) is 8.78 Å². The van der Waals surface area contributed by atoms with E-state index in [1.807, 2.05) is 6.07 Å². The van der Waals surface area contributed by atoms with Gasteiger partial charge in [0, 0.05) is 31.2 Å². The summed E-state index contributed by atoms with van der Waals surface area (Å²) in [6.07, 6.45) is 0. The minimum Gasteiger partial charge on any atom is -0.435 e. The van der Waals surface area contributed by atoms with Gasteiger partial charge in [0.1, 0.15) is 5.75 Å². The fourth-order valence-corrected chi connectivity index (χ4v) is 4.56. The van der Waals surface area contributed by atoms with Crippen LogP contribution in [0.15, 0.2) is 60.7 Å². The van der Waals surface area contributed by atoms with E-state index in [-0.39, 0.29) is 11.8 Å². The average Bonchev–Trinajstić information content (AvgIpc) is 2.77. The van der Waals surface area contributed by atoms with Crippen molar-refractivity contribution in [2.75, 3.05) is 24.5 Å². The van der Waals surface area contributed by atoms with Crippen LogP contribution in [0.5, 0.6) is 5.75 Å². The topological polar surface area (TPSA) is 15.7 Å². The van der Waals surface area contributed by atoms with Crippen LogP contribution in [0.4, 0.5) is 23.2 Å². The maximum Gasteiger partial charge on any atom is 0.387 e. The van der Waals surface area contributed by atoms with Crippen molar-refractivity contribution in [3.05, 3.63) is 93.5 Å².